The number of likely N-dealkylation sites (tertiary alicyclic amines) is 1. The molecule has 1 aromatic heterocycles. The van der Waals surface area contributed by atoms with E-state index in [0.717, 1.165) is 36.0 Å². The summed E-state index contributed by atoms with van der Waals surface area (Å²) in [6, 6.07) is 15.2. The van der Waals surface area contributed by atoms with Crippen LogP contribution < -0.4 is 10.6 Å². The number of carbonyl (C=O) groups excluding carboxylic acids is 1. The molecule has 192 valence electrons. The van der Waals surface area contributed by atoms with E-state index in [-0.39, 0.29) is 11.9 Å². The molecule has 7 heteroatoms. The van der Waals surface area contributed by atoms with Gasteiger partial charge >= 0.3 is 6.03 Å². The van der Waals surface area contributed by atoms with Crippen molar-refractivity contribution < 1.29 is 9.90 Å². The number of piperidine rings is 1. The van der Waals surface area contributed by atoms with Crippen LogP contribution in [0.4, 0.5) is 10.5 Å². The van der Waals surface area contributed by atoms with E-state index >= 15 is 0 Å². The van der Waals surface area contributed by atoms with E-state index in [4.69, 9.17) is 4.99 Å². The topological polar surface area (TPSA) is 92.8 Å². The highest BCUT2D eigenvalue weighted by molar-refractivity contribution is 6.21. The van der Waals surface area contributed by atoms with Gasteiger partial charge in [-0.15, -0.1) is 0 Å². The minimum absolute atomic E-state index is 0.0562. The Kier molecular flexibility index (Phi) is 7.04. The molecule has 5 rings (SSSR count). The van der Waals surface area contributed by atoms with E-state index in [1.165, 1.54) is 25.0 Å². The Morgan fingerprint density at radius 2 is 1.92 bits per heavy atom. The van der Waals surface area contributed by atoms with E-state index in [9.17, 15) is 9.90 Å². The average Bonchev–Trinajstić information content (AvgIpc) is 3.24. The smallest absolute Gasteiger partial charge is 0.319 e. The zero-order valence-electron chi connectivity index (χ0n) is 21.6. The predicted molar refractivity (Wildman–Crippen MR) is 150 cm³/mol. The van der Waals surface area contributed by atoms with Crippen molar-refractivity contribution in [2.75, 3.05) is 25.0 Å². The molecule has 7 nitrogen and oxygen atoms in total. The fraction of sp³-hybridized carbons (Fsp3) is 0.333. The second kappa shape index (κ2) is 10.5. The Hall–Kier alpha value is -4.00. The number of nitrogens with zero attached hydrogens (tertiary/aromatic N) is 2. The van der Waals surface area contributed by atoms with Crippen molar-refractivity contribution in [3.05, 3.63) is 83.6 Å². The number of aromatic hydroxyl groups is 1. The first-order valence-electron chi connectivity index (χ1n) is 13.2. The van der Waals surface area contributed by atoms with Crippen LogP contribution in [0.2, 0.25) is 0 Å². The van der Waals surface area contributed by atoms with Gasteiger partial charge in [0.2, 0.25) is 0 Å². The van der Waals surface area contributed by atoms with Gasteiger partial charge in [0.15, 0.2) is 5.88 Å². The van der Waals surface area contributed by atoms with Crippen molar-refractivity contribution in [1.29, 1.82) is 0 Å². The summed E-state index contributed by atoms with van der Waals surface area (Å²) in [6.45, 7) is 6.76. The highest BCUT2D eigenvalue weighted by atomic mass is 16.3. The number of aromatic nitrogens is 1. The summed E-state index contributed by atoms with van der Waals surface area (Å²) in [6.07, 6.45) is 11.3. The third-order valence-electron chi connectivity index (χ3n) is 7.08. The summed E-state index contributed by atoms with van der Waals surface area (Å²) >= 11 is 0. The van der Waals surface area contributed by atoms with Crippen molar-refractivity contribution in [1.82, 2.24) is 15.2 Å². The summed E-state index contributed by atoms with van der Waals surface area (Å²) in [5.74, 6) is 0.0562. The number of aromatic amines is 1. The van der Waals surface area contributed by atoms with Crippen LogP contribution >= 0.6 is 0 Å². The Labute approximate surface area is 218 Å². The SMILES string of the molecule is CCNC(=O)Nc1ccc2[nH]c(O)c(C(=NC3(C)C=CC(N4CCCCC4)=CC3)c3ccccc3)c2c1. The second-order valence-electron chi connectivity index (χ2n) is 9.99. The highest BCUT2D eigenvalue weighted by Gasteiger charge is 2.27. The maximum Gasteiger partial charge on any atom is 0.319 e. The molecule has 0 spiro atoms. The lowest BCUT2D eigenvalue weighted by molar-refractivity contribution is 0.252. The van der Waals surface area contributed by atoms with Gasteiger partial charge in [-0.3, -0.25) is 4.99 Å². The molecule has 2 aromatic carbocycles. The normalized spacial score (nSPS) is 20.1. The van der Waals surface area contributed by atoms with Crippen molar-refractivity contribution >= 4 is 28.3 Å². The van der Waals surface area contributed by atoms with Gasteiger partial charge in [-0.2, -0.15) is 0 Å². The van der Waals surface area contributed by atoms with Gasteiger partial charge in [0.1, 0.15) is 0 Å². The molecule has 1 unspecified atom stereocenters. The number of nitrogens with one attached hydrogen (secondary N) is 3. The van der Waals surface area contributed by atoms with E-state index < -0.39 is 5.54 Å². The number of hydrogen-bond donors (Lipinski definition) is 4. The Balaban J connectivity index is 1.55. The van der Waals surface area contributed by atoms with Crippen LogP contribution in [0.25, 0.3) is 10.9 Å². The number of carbonyl (C=O) groups is 1. The number of allylic oxidation sites excluding steroid dienone is 1. The van der Waals surface area contributed by atoms with Crippen LogP contribution in [0.15, 0.2) is 77.4 Å². The van der Waals surface area contributed by atoms with Gasteiger partial charge in [-0.1, -0.05) is 42.5 Å². The molecule has 1 saturated heterocycles. The third-order valence-corrected chi connectivity index (χ3v) is 7.08. The lowest BCUT2D eigenvalue weighted by Crippen LogP contribution is -2.31. The number of anilines is 1. The van der Waals surface area contributed by atoms with Crippen molar-refractivity contribution in [2.45, 2.75) is 45.1 Å². The standard InChI is InChI=1S/C30H35N5O2/c1-3-31-29(37)32-22-12-13-25-24(20-22)26(28(36)33-25)27(21-10-6-4-7-11-21)34-30(2)16-14-23(15-17-30)35-18-8-5-9-19-35/h4,6-7,10-16,20,33,36H,3,5,8-9,17-19H2,1-2H3,(H2,31,32,37). The number of H-pyrrole nitrogens is 1. The van der Waals surface area contributed by atoms with Crippen LogP contribution in [-0.2, 0) is 0 Å². The molecule has 1 fully saturated rings. The van der Waals surface area contributed by atoms with Gasteiger partial charge in [0.05, 0.1) is 16.8 Å². The van der Waals surface area contributed by atoms with Crippen LogP contribution in [-0.4, -0.2) is 51.9 Å². The van der Waals surface area contributed by atoms with Crippen LogP contribution in [0.3, 0.4) is 0 Å². The fourth-order valence-corrected chi connectivity index (χ4v) is 5.13. The number of benzene rings is 2. The van der Waals surface area contributed by atoms with E-state index in [1.807, 2.05) is 55.5 Å². The Bertz CT molecular complexity index is 1370. The van der Waals surface area contributed by atoms with Gasteiger partial charge in [-0.25, -0.2) is 4.79 Å². The summed E-state index contributed by atoms with van der Waals surface area (Å²) in [5.41, 5.74) is 4.49. The largest absolute Gasteiger partial charge is 0.494 e. The van der Waals surface area contributed by atoms with Crippen molar-refractivity contribution in [2.24, 2.45) is 4.99 Å². The molecule has 4 N–H and O–H groups in total. The van der Waals surface area contributed by atoms with E-state index in [2.05, 4.69) is 45.7 Å². The van der Waals surface area contributed by atoms with Crippen LogP contribution in [0.1, 0.15) is 50.7 Å². The lowest BCUT2D eigenvalue weighted by atomic mass is 9.90. The lowest BCUT2D eigenvalue weighted by Gasteiger charge is -2.33. The molecule has 0 bridgehead atoms. The summed E-state index contributed by atoms with van der Waals surface area (Å²) in [4.78, 5) is 23.0. The number of hydrogen-bond acceptors (Lipinski definition) is 4. The molecule has 2 amide bonds. The van der Waals surface area contributed by atoms with Gasteiger partial charge in [0, 0.05) is 47.5 Å². The third kappa shape index (κ3) is 5.40. The maximum atomic E-state index is 12.1. The second-order valence-corrected chi connectivity index (χ2v) is 9.99. The number of rotatable bonds is 6. The van der Waals surface area contributed by atoms with Gasteiger partial charge in [-0.05, 0) is 63.8 Å². The summed E-state index contributed by atoms with van der Waals surface area (Å²) in [7, 11) is 0. The van der Waals surface area contributed by atoms with Crippen LogP contribution in [0, 0.1) is 0 Å². The maximum absolute atomic E-state index is 12.1. The Morgan fingerprint density at radius 3 is 2.62 bits per heavy atom. The molecule has 1 aliphatic carbocycles. The monoisotopic (exact) mass is 497 g/mol. The van der Waals surface area contributed by atoms with Crippen LogP contribution in [0.5, 0.6) is 5.88 Å². The summed E-state index contributed by atoms with van der Waals surface area (Å²) < 4.78 is 0. The molecule has 0 saturated carbocycles. The molecule has 3 aromatic rings. The Morgan fingerprint density at radius 1 is 1.14 bits per heavy atom. The quantitative estimate of drug-likeness (QED) is 0.318. The zero-order valence-corrected chi connectivity index (χ0v) is 21.6. The molecule has 1 aliphatic heterocycles. The molecule has 1 atom stereocenters. The molecule has 2 heterocycles. The van der Waals surface area contributed by atoms with E-state index in [0.29, 0.717) is 23.5 Å². The highest BCUT2D eigenvalue weighted by Crippen LogP contribution is 2.35. The van der Waals surface area contributed by atoms with Gasteiger partial charge < -0.3 is 25.6 Å². The first-order valence-corrected chi connectivity index (χ1v) is 13.2. The molecular weight excluding hydrogens is 462 g/mol. The predicted octanol–water partition coefficient (Wildman–Crippen LogP) is 5.94. The minimum Gasteiger partial charge on any atom is -0.494 e. The fourth-order valence-electron chi connectivity index (χ4n) is 5.13. The first kappa shape index (κ1) is 24.7. The molecule has 37 heavy (non-hydrogen) atoms. The van der Waals surface area contributed by atoms with Gasteiger partial charge in [0.25, 0.3) is 0 Å². The molecule has 2 aliphatic rings. The average molecular weight is 498 g/mol. The molecular formula is C30H35N5O2. The van der Waals surface area contributed by atoms with Crippen molar-refractivity contribution in [3.8, 4) is 5.88 Å². The molecule has 0 radical (unpaired) electrons. The minimum atomic E-state index is -0.461. The number of fused-ring (bicyclic) bond motifs is 1. The zero-order chi connectivity index (χ0) is 25.8. The van der Waals surface area contributed by atoms with E-state index in [1.54, 1.807) is 0 Å². The first-order chi connectivity index (χ1) is 18.0. The summed E-state index contributed by atoms with van der Waals surface area (Å²) in [5, 5.41) is 17.5. The number of aliphatic imine (C=N–C) groups is 1. The number of amides is 2. The number of urea groups is 1. The van der Waals surface area contributed by atoms with Crippen molar-refractivity contribution in [3.63, 3.8) is 0 Å².